The van der Waals surface area contributed by atoms with Crippen LogP contribution < -0.4 is 0 Å². The first-order chi connectivity index (χ1) is 10.6. The van der Waals surface area contributed by atoms with Crippen LogP contribution in [0.3, 0.4) is 0 Å². The molecule has 120 valence electrons. The van der Waals surface area contributed by atoms with Crippen molar-refractivity contribution >= 4 is 10.9 Å². The monoisotopic (exact) mass is 300 g/mol. The number of nitrogens with one attached hydrogen (secondary N) is 1. The van der Waals surface area contributed by atoms with Gasteiger partial charge in [-0.05, 0) is 44.4 Å². The first-order valence-corrected chi connectivity index (χ1v) is 8.60. The number of ether oxygens (including phenoxy) is 1. The van der Waals surface area contributed by atoms with Crippen LogP contribution in [0.4, 0.5) is 0 Å². The average Bonchev–Trinajstić information content (AvgIpc) is 3.09. The van der Waals surface area contributed by atoms with E-state index in [0.717, 1.165) is 25.7 Å². The van der Waals surface area contributed by atoms with E-state index < -0.39 is 0 Å². The van der Waals surface area contributed by atoms with Gasteiger partial charge in [-0.1, -0.05) is 39.0 Å². The Morgan fingerprint density at radius 2 is 1.91 bits per heavy atom. The van der Waals surface area contributed by atoms with Crippen molar-refractivity contribution in [2.75, 3.05) is 7.05 Å². The van der Waals surface area contributed by atoms with Gasteiger partial charge in [0.05, 0.1) is 5.60 Å². The number of aromatic amines is 1. The third-order valence-corrected chi connectivity index (χ3v) is 5.56. The third kappa shape index (κ3) is 2.37. The minimum atomic E-state index is -0.0200. The highest BCUT2D eigenvalue weighted by molar-refractivity contribution is 5.83. The Bertz CT molecular complexity index is 629. The predicted molar refractivity (Wildman–Crippen MR) is 92.0 cm³/mol. The van der Waals surface area contributed by atoms with Gasteiger partial charge in [-0.15, -0.1) is 0 Å². The van der Waals surface area contributed by atoms with Crippen LogP contribution in [0.1, 0.15) is 45.6 Å². The van der Waals surface area contributed by atoms with Crippen molar-refractivity contribution < 1.29 is 4.74 Å². The third-order valence-electron chi connectivity index (χ3n) is 5.56. The van der Waals surface area contributed by atoms with E-state index in [9.17, 15) is 0 Å². The second-order valence-electron chi connectivity index (χ2n) is 6.50. The van der Waals surface area contributed by atoms with E-state index in [-0.39, 0.29) is 11.8 Å². The summed E-state index contributed by atoms with van der Waals surface area (Å²) < 4.78 is 6.50. The van der Waals surface area contributed by atoms with Crippen LogP contribution in [0.2, 0.25) is 0 Å². The number of hydrogen-bond donors (Lipinski definition) is 1. The van der Waals surface area contributed by atoms with E-state index in [2.05, 4.69) is 68.2 Å². The number of para-hydroxylation sites is 1. The molecular formula is C19H28N2O. The van der Waals surface area contributed by atoms with Gasteiger partial charge >= 0.3 is 0 Å². The number of rotatable bonds is 5. The van der Waals surface area contributed by atoms with Crippen molar-refractivity contribution in [1.82, 2.24) is 9.88 Å². The standard InChI is InChI=1S/C19H28N2O/c1-5-18-21(4)17(19(6-2,7-3)22-18)12-14-13-20-16-11-9-8-10-15(14)16/h8-11,13,17-18,20H,5-7,12H2,1-4H3/t17-,18-/m0/s1. The van der Waals surface area contributed by atoms with Crippen molar-refractivity contribution in [2.45, 2.75) is 64.3 Å². The molecule has 3 rings (SSSR count). The molecule has 3 heteroatoms. The molecule has 0 amide bonds. The molecule has 1 N–H and O–H groups in total. The van der Waals surface area contributed by atoms with Crippen LogP contribution in [0.15, 0.2) is 30.5 Å². The average molecular weight is 300 g/mol. The topological polar surface area (TPSA) is 28.3 Å². The van der Waals surface area contributed by atoms with Gasteiger partial charge < -0.3 is 9.72 Å². The van der Waals surface area contributed by atoms with E-state index in [1.165, 1.54) is 16.5 Å². The lowest BCUT2D eigenvalue weighted by atomic mass is 9.84. The lowest BCUT2D eigenvalue weighted by molar-refractivity contribution is -0.0630. The van der Waals surface area contributed by atoms with E-state index in [4.69, 9.17) is 4.74 Å². The number of likely N-dealkylation sites (N-methyl/N-ethyl adjacent to an activating group) is 1. The van der Waals surface area contributed by atoms with Gasteiger partial charge in [-0.25, -0.2) is 0 Å². The molecule has 2 atom stereocenters. The zero-order chi connectivity index (χ0) is 15.7. The molecule has 2 aromatic rings. The van der Waals surface area contributed by atoms with E-state index in [1.54, 1.807) is 0 Å². The normalized spacial score (nSPS) is 25.1. The second kappa shape index (κ2) is 6.05. The number of nitrogens with zero attached hydrogens (tertiary/aromatic N) is 1. The molecule has 0 unspecified atom stereocenters. The number of fused-ring (bicyclic) bond motifs is 1. The SMILES string of the molecule is CC[C@@H]1OC(CC)(CC)[C@H](Cc2c[nH]c3ccccc23)N1C. The molecule has 0 bridgehead atoms. The Kier molecular flexibility index (Phi) is 4.28. The van der Waals surface area contributed by atoms with Gasteiger partial charge in [-0.2, -0.15) is 0 Å². The second-order valence-corrected chi connectivity index (χ2v) is 6.50. The van der Waals surface area contributed by atoms with Crippen LogP contribution in [0, 0.1) is 0 Å². The molecule has 3 nitrogen and oxygen atoms in total. The molecule has 0 radical (unpaired) electrons. The van der Waals surface area contributed by atoms with Crippen molar-refractivity contribution in [3.8, 4) is 0 Å². The van der Waals surface area contributed by atoms with Crippen LogP contribution in [-0.4, -0.2) is 34.8 Å². The Balaban J connectivity index is 1.94. The van der Waals surface area contributed by atoms with E-state index in [1.807, 2.05) is 0 Å². The molecule has 1 fully saturated rings. The summed E-state index contributed by atoms with van der Waals surface area (Å²) >= 11 is 0. The molecule has 1 aromatic carbocycles. The van der Waals surface area contributed by atoms with E-state index in [0.29, 0.717) is 6.04 Å². The Morgan fingerprint density at radius 1 is 1.18 bits per heavy atom. The minimum absolute atomic E-state index is 0.0200. The van der Waals surface area contributed by atoms with Gasteiger partial charge in [0, 0.05) is 23.1 Å². The number of aromatic nitrogens is 1. The summed E-state index contributed by atoms with van der Waals surface area (Å²) in [6.45, 7) is 6.74. The molecule has 2 heterocycles. The maximum Gasteiger partial charge on any atom is 0.111 e. The summed E-state index contributed by atoms with van der Waals surface area (Å²) in [5.74, 6) is 0. The summed E-state index contributed by atoms with van der Waals surface area (Å²) in [4.78, 5) is 5.86. The van der Waals surface area contributed by atoms with Gasteiger partial charge in [0.15, 0.2) is 0 Å². The molecule has 0 spiro atoms. The predicted octanol–water partition coefficient (Wildman–Crippen LogP) is 4.34. The zero-order valence-corrected chi connectivity index (χ0v) is 14.2. The Labute approximate surface area is 133 Å². The zero-order valence-electron chi connectivity index (χ0n) is 14.2. The molecule has 0 saturated carbocycles. The van der Waals surface area contributed by atoms with E-state index >= 15 is 0 Å². The molecule has 0 aliphatic carbocycles. The van der Waals surface area contributed by atoms with Crippen LogP contribution in [0.5, 0.6) is 0 Å². The molecule has 1 aromatic heterocycles. The first-order valence-electron chi connectivity index (χ1n) is 8.60. The summed E-state index contributed by atoms with van der Waals surface area (Å²) in [5.41, 5.74) is 2.61. The van der Waals surface area contributed by atoms with Gasteiger partial charge in [0.1, 0.15) is 6.23 Å². The summed E-state index contributed by atoms with van der Waals surface area (Å²) in [5, 5.41) is 1.34. The largest absolute Gasteiger partial charge is 0.361 e. The van der Waals surface area contributed by atoms with Crippen LogP contribution in [-0.2, 0) is 11.2 Å². The van der Waals surface area contributed by atoms with Crippen molar-refractivity contribution in [2.24, 2.45) is 0 Å². The number of H-pyrrole nitrogens is 1. The minimum Gasteiger partial charge on any atom is -0.361 e. The highest BCUT2D eigenvalue weighted by Gasteiger charge is 2.48. The number of hydrogen-bond acceptors (Lipinski definition) is 2. The fourth-order valence-electron chi connectivity index (χ4n) is 4.10. The van der Waals surface area contributed by atoms with Crippen LogP contribution >= 0.6 is 0 Å². The van der Waals surface area contributed by atoms with Crippen LogP contribution in [0.25, 0.3) is 10.9 Å². The van der Waals surface area contributed by atoms with Crippen molar-refractivity contribution in [3.63, 3.8) is 0 Å². The summed E-state index contributed by atoms with van der Waals surface area (Å²) in [7, 11) is 2.22. The Morgan fingerprint density at radius 3 is 2.59 bits per heavy atom. The maximum atomic E-state index is 6.50. The summed E-state index contributed by atoms with van der Waals surface area (Å²) in [6.07, 6.45) is 6.64. The summed E-state index contributed by atoms with van der Waals surface area (Å²) in [6, 6.07) is 9.01. The number of benzene rings is 1. The van der Waals surface area contributed by atoms with Crippen molar-refractivity contribution in [3.05, 3.63) is 36.0 Å². The molecular weight excluding hydrogens is 272 g/mol. The highest BCUT2D eigenvalue weighted by atomic mass is 16.5. The van der Waals surface area contributed by atoms with Gasteiger partial charge in [0.25, 0.3) is 0 Å². The first kappa shape index (κ1) is 15.6. The highest BCUT2D eigenvalue weighted by Crippen LogP contribution is 2.40. The fourth-order valence-corrected chi connectivity index (χ4v) is 4.10. The molecule has 1 saturated heterocycles. The smallest absolute Gasteiger partial charge is 0.111 e. The fraction of sp³-hybridized carbons (Fsp3) is 0.579. The molecule has 22 heavy (non-hydrogen) atoms. The van der Waals surface area contributed by atoms with Crippen molar-refractivity contribution in [1.29, 1.82) is 0 Å². The lowest BCUT2D eigenvalue weighted by Gasteiger charge is -2.33. The maximum absolute atomic E-state index is 6.50. The van der Waals surface area contributed by atoms with Gasteiger partial charge in [0.2, 0.25) is 0 Å². The quantitative estimate of drug-likeness (QED) is 0.890. The van der Waals surface area contributed by atoms with Gasteiger partial charge in [-0.3, -0.25) is 4.90 Å². The lowest BCUT2D eigenvalue weighted by Crippen LogP contribution is -2.45. The molecule has 1 aliphatic heterocycles. The molecule has 1 aliphatic rings. The Hall–Kier alpha value is -1.32.